The van der Waals surface area contributed by atoms with Crippen LogP contribution in [0.4, 0.5) is 0 Å². The Hall–Kier alpha value is -6.73. The van der Waals surface area contributed by atoms with Crippen molar-refractivity contribution in [2.24, 2.45) is 4.99 Å². The molecule has 0 radical (unpaired) electrons. The van der Waals surface area contributed by atoms with Gasteiger partial charge >= 0.3 is 5.97 Å². The zero-order valence-corrected chi connectivity index (χ0v) is 47.8. The van der Waals surface area contributed by atoms with Gasteiger partial charge in [-0.25, -0.2) is 4.68 Å². The molecule has 3 aliphatic rings. The lowest BCUT2D eigenvalue weighted by Crippen LogP contribution is -2.46. The Balaban J connectivity index is 0.000000390. The van der Waals surface area contributed by atoms with E-state index in [0.717, 1.165) is 74.7 Å². The number of unbranched alkanes of at least 4 members (excludes halogenated alkanes) is 2. The number of rotatable bonds is 15. The molecule has 74 heavy (non-hydrogen) atoms. The highest BCUT2D eigenvalue weighted by Crippen LogP contribution is 2.44. The Morgan fingerprint density at radius 3 is 1.81 bits per heavy atom. The fourth-order valence-corrected chi connectivity index (χ4v) is 7.67. The van der Waals surface area contributed by atoms with Crippen LogP contribution in [0.1, 0.15) is 169 Å². The van der Waals surface area contributed by atoms with Gasteiger partial charge in [0.2, 0.25) is 0 Å². The van der Waals surface area contributed by atoms with E-state index in [1.807, 2.05) is 104 Å². The van der Waals surface area contributed by atoms with Gasteiger partial charge in [-0.1, -0.05) is 99.3 Å². The zero-order chi connectivity index (χ0) is 55.7. The number of ketones is 1. The number of allylic oxidation sites excluding steroid dienone is 11. The van der Waals surface area contributed by atoms with Gasteiger partial charge in [-0.2, -0.15) is 5.10 Å². The number of fused-ring (bicyclic) bond motifs is 4. The van der Waals surface area contributed by atoms with Crippen molar-refractivity contribution in [3.8, 4) is 34.3 Å². The molecule has 1 amide bonds. The van der Waals surface area contributed by atoms with Gasteiger partial charge in [0.15, 0.2) is 11.5 Å². The Kier molecular flexibility index (Phi) is 27.2. The van der Waals surface area contributed by atoms with E-state index in [0.29, 0.717) is 36.0 Å². The monoisotopic (exact) mass is 1020 g/mol. The molecule has 0 spiro atoms. The van der Waals surface area contributed by atoms with E-state index in [9.17, 15) is 19.5 Å². The molecule has 13 heteroatoms. The second-order valence-electron chi connectivity index (χ2n) is 19.0. The minimum absolute atomic E-state index is 0.0491. The zero-order valence-electron chi connectivity index (χ0n) is 47.8. The summed E-state index contributed by atoms with van der Waals surface area (Å²) in [5, 5.41) is 17.2. The molecular formula is C61H86N4O9. The third-order valence-corrected chi connectivity index (χ3v) is 11.3. The molecule has 0 unspecified atom stereocenters. The molecule has 2 aromatic carbocycles. The van der Waals surface area contributed by atoms with Crippen molar-refractivity contribution in [1.29, 1.82) is 0 Å². The maximum absolute atomic E-state index is 13.2. The van der Waals surface area contributed by atoms with Crippen LogP contribution in [-0.2, 0) is 20.9 Å². The molecule has 404 valence electrons. The lowest BCUT2D eigenvalue weighted by molar-refractivity contribution is -0.140. The van der Waals surface area contributed by atoms with Gasteiger partial charge in [-0.05, 0) is 106 Å². The van der Waals surface area contributed by atoms with Crippen molar-refractivity contribution >= 4 is 46.8 Å². The average molecular weight is 1020 g/mol. The first-order valence-corrected chi connectivity index (χ1v) is 25.6. The molecule has 2 N–H and O–H groups in total. The van der Waals surface area contributed by atoms with Gasteiger partial charge in [0.25, 0.3) is 5.91 Å². The molecule has 0 bridgehead atoms. The molecule has 0 fully saturated rings. The highest BCUT2D eigenvalue weighted by Gasteiger charge is 2.33. The standard InChI is InChI=1S/C26H33N3O4.C19H23NO3.C6H8.C5H10O2.C5H12/c1-8-10-18(9-2)29-24-19-12-17(11-16(3)4)21(32-7)13-22(19)33-14-20(24)23(28-29)25(31)27-26(5,6)15-30;1-11(2)7-14-8-15-12(3)16(19(20-5)13(4)21)10-23-18(15)9-17(14)22-6;1-6-4-2-3-5-6;1-3-4-7-5(2)6;1-3-5-4-2/h8-13,30H,14-15H2,1-7H3,(H,27,31);7-9H,10H2,1-6H3;2,4-5H,3H2,1H3;3-4H2,1-2H3;3-5H2,1-2H3/b10-8-,18-9+;;;;. The number of carbonyl (C=O) groups excluding carboxylic acids is 3. The minimum Gasteiger partial charge on any atom is -0.496 e. The number of aliphatic hydroxyl groups excluding tert-OH is 1. The number of Topliss-reactive ketones (excluding diaryl/α,β-unsaturated/α-hetero) is 1. The van der Waals surface area contributed by atoms with Crippen LogP contribution >= 0.6 is 0 Å². The predicted molar refractivity (Wildman–Crippen MR) is 305 cm³/mol. The number of carbonyl (C=O) groups is 3. The molecule has 13 nitrogen and oxygen atoms in total. The average Bonchev–Trinajstić information content (AvgIpc) is 4.01. The van der Waals surface area contributed by atoms with Crippen LogP contribution in [0.25, 0.3) is 34.7 Å². The van der Waals surface area contributed by atoms with E-state index in [-0.39, 0.29) is 36.6 Å². The second kappa shape index (κ2) is 31.8. The molecular weight excluding hydrogens is 933 g/mol. The third-order valence-electron chi connectivity index (χ3n) is 11.3. The number of ether oxygens (including phenoxy) is 5. The van der Waals surface area contributed by atoms with Crippen LogP contribution in [0.2, 0.25) is 0 Å². The van der Waals surface area contributed by atoms with Crippen LogP contribution in [0, 0.1) is 0 Å². The first-order valence-electron chi connectivity index (χ1n) is 25.6. The summed E-state index contributed by atoms with van der Waals surface area (Å²) in [4.78, 5) is 39.1. The molecule has 1 aromatic heterocycles. The highest BCUT2D eigenvalue weighted by molar-refractivity contribution is 6.46. The van der Waals surface area contributed by atoms with Crippen molar-refractivity contribution in [2.75, 3.05) is 41.1 Å². The fraction of sp³-hybridized carbons (Fsp3) is 0.459. The molecule has 6 rings (SSSR count). The molecule has 1 aliphatic carbocycles. The number of methoxy groups -OCH3 is 2. The predicted octanol–water partition coefficient (Wildman–Crippen LogP) is 13.8. The number of nitrogens with one attached hydrogen (secondary N) is 1. The van der Waals surface area contributed by atoms with E-state index in [1.54, 1.807) is 39.8 Å². The van der Waals surface area contributed by atoms with Gasteiger partial charge in [0.1, 0.15) is 41.9 Å². The van der Waals surface area contributed by atoms with E-state index in [1.165, 1.54) is 44.3 Å². The molecule has 2 aliphatic heterocycles. The Morgan fingerprint density at radius 1 is 0.851 bits per heavy atom. The molecule has 3 aromatic rings. The summed E-state index contributed by atoms with van der Waals surface area (Å²) in [5.41, 5.74) is 11.6. The third kappa shape index (κ3) is 19.0. The maximum atomic E-state index is 13.2. The van der Waals surface area contributed by atoms with Crippen molar-refractivity contribution in [3.63, 3.8) is 0 Å². The Bertz CT molecular complexity index is 2640. The van der Waals surface area contributed by atoms with Crippen LogP contribution in [0.15, 0.2) is 88.0 Å². The number of hydrogen-bond acceptors (Lipinski definition) is 11. The van der Waals surface area contributed by atoms with E-state index >= 15 is 0 Å². The fourth-order valence-electron chi connectivity index (χ4n) is 7.67. The van der Waals surface area contributed by atoms with Crippen LogP contribution < -0.4 is 24.3 Å². The lowest BCUT2D eigenvalue weighted by Gasteiger charge is -2.24. The largest absolute Gasteiger partial charge is 0.496 e. The van der Waals surface area contributed by atoms with E-state index < -0.39 is 5.54 Å². The van der Waals surface area contributed by atoms with Gasteiger partial charge in [-0.15, -0.1) is 0 Å². The molecule has 3 heterocycles. The number of aliphatic hydroxyl groups is 1. The summed E-state index contributed by atoms with van der Waals surface area (Å²) in [6.45, 7) is 29.9. The first kappa shape index (κ1) is 63.4. The second-order valence-corrected chi connectivity index (χ2v) is 19.0. The lowest BCUT2D eigenvalue weighted by atomic mass is 9.92. The number of aromatic nitrogens is 2. The van der Waals surface area contributed by atoms with Crippen LogP contribution in [0.5, 0.6) is 23.0 Å². The number of amides is 1. The first-order chi connectivity index (χ1) is 35.1. The normalized spacial score (nSPS) is 13.1. The van der Waals surface area contributed by atoms with Crippen LogP contribution in [0.3, 0.4) is 0 Å². The number of benzene rings is 2. The van der Waals surface area contributed by atoms with Gasteiger partial charge in [0.05, 0.1) is 44.4 Å². The quantitative estimate of drug-likeness (QED) is 0.0852. The van der Waals surface area contributed by atoms with Crippen molar-refractivity contribution in [2.45, 2.75) is 148 Å². The summed E-state index contributed by atoms with van der Waals surface area (Å²) in [7, 11) is 4.92. The van der Waals surface area contributed by atoms with Crippen molar-refractivity contribution < 1.29 is 43.2 Å². The smallest absolute Gasteiger partial charge is 0.302 e. The van der Waals surface area contributed by atoms with Gasteiger partial charge in [-0.3, -0.25) is 19.4 Å². The molecule has 0 atom stereocenters. The van der Waals surface area contributed by atoms with E-state index in [4.69, 9.17) is 24.0 Å². The highest BCUT2D eigenvalue weighted by atomic mass is 16.5. The van der Waals surface area contributed by atoms with Crippen molar-refractivity contribution in [1.82, 2.24) is 15.1 Å². The number of aliphatic imine (C=N–C) groups is 1. The Morgan fingerprint density at radius 2 is 1.42 bits per heavy atom. The summed E-state index contributed by atoms with van der Waals surface area (Å²) in [6.07, 6.45) is 22.6. The van der Waals surface area contributed by atoms with Crippen molar-refractivity contribution in [3.05, 3.63) is 111 Å². The SMILES string of the molecule is C/C=C\C(=C/C)n1nc(C(=O)NC(C)(C)CO)c2c1-c1cc(C=C(C)C)c(OC)cc1OC2.CC1=CCC=C1.CCCCC.CCCOC(C)=O.CN=C(C(C)=O)C1=C(C)c2cc(C=C(C)C)c(OC)cc2OC1. The minimum atomic E-state index is -0.780. The summed E-state index contributed by atoms with van der Waals surface area (Å²) in [6, 6.07) is 7.84. The van der Waals surface area contributed by atoms with E-state index in [2.05, 4.69) is 60.1 Å². The van der Waals surface area contributed by atoms with Gasteiger partial charge < -0.3 is 34.1 Å². The number of nitrogens with zero attached hydrogens (tertiary/aromatic N) is 3. The summed E-state index contributed by atoms with van der Waals surface area (Å²) >= 11 is 0. The van der Waals surface area contributed by atoms with Crippen LogP contribution in [-0.4, -0.2) is 84.9 Å². The maximum Gasteiger partial charge on any atom is 0.302 e. The van der Waals surface area contributed by atoms with Gasteiger partial charge in [0, 0.05) is 66.4 Å². The topological polar surface area (TPSA) is 160 Å². The number of esters is 1. The molecule has 0 saturated heterocycles. The summed E-state index contributed by atoms with van der Waals surface area (Å²) in [5.74, 6) is 2.33. The number of hydrogen-bond donors (Lipinski definition) is 2. The summed E-state index contributed by atoms with van der Waals surface area (Å²) < 4.78 is 29.3. The molecule has 0 saturated carbocycles. The Labute approximate surface area is 442 Å².